The molecule has 9 heteroatoms. The number of likely N-dealkylation sites (tertiary alicyclic amines) is 1. The van der Waals surface area contributed by atoms with Crippen LogP contribution in [-0.4, -0.2) is 42.5 Å². The molecule has 1 aromatic carbocycles. The largest absolute Gasteiger partial charge is 0.471 e. The molecule has 1 heterocycles. The lowest BCUT2D eigenvalue weighted by atomic mass is 9.96. The Morgan fingerprint density at radius 2 is 1.81 bits per heavy atom. The molecule has 1 saturated heterocycles. The van der Waals surface area contributed by atoms with Gasteiger partial charge in [-0.2, -0.15) is 13.2 Å². The Morgan fingerprint density at radius 1 is 1.19 bits per heavy atom. The van der Waals surface area contributed by atoms with Crippen molar-refractivity contribution in [3.63, 3.8) is 0 Å². The number of aryl methyl sites for hydroxylation is 1. The zero-order valence-corrected chi connectivity index (χ0v) is 15.0. The molecular formula is C17H23ClF3N3O2. The van der Waals surface area contributed by atoms with Crippen molar-refractivity contribution < 1.29 is 22.8 Å². The highest BCUT2D eigenvalue weighted by Gasteiger charge is 2.43. The second-order valence-electron chi connectivity index (χ2n) is 6.24. The molecule has 2 amide bonds. The summed E-state index contributed by atoms with van der Waals surface area (Å²) in [6, 6.07) is 7.34. The molecule has 26 heavy (non-hydrogen) atoms. The Hall–Kier alpha value is -1.96. The summed E-state index contributed by atoms with van der Waals surface area (Å²) in [6.45, 7) is 0.552. The second-order valence-corrected chi connectivity index (χ2v) is 6.24. The minimum atomic E-state index is -4.82. The first-order valence-electron chi connectivity index (χ1n) is 8.23. The monoisotopic (exact) mass is 393 g/mol. The minimum absolute atomic E-state index is 0. The number of halogens is 4. The molecule has 0 spiro atoms. The summed E-state index contributed by atoms with van der Waals surface area (Å²) in [5.74, 6) is -1.81. The number of piperidine rings is 1. The molecule has 1 fully saturated rings. The maximum atomic E-state index is 12.4. The zero-order chi connectivity index (χ0) is 18.4. The highest BCUT2D eigenvalue weighted by Crippen LogP contribution is 2.23. The molecule has 5 nitrogen and oxygen atoms in total. The summed E-state index contributed by atoms with van der Waals surface area (Å²) in [6.07, 6.45) is -3.07. The average Bonchev–Trinajstić information content (AvgIpc) is 2.58. The first-order chi connectivity index (χ1) is 11.8. The number of rotatable bonds is 5. The van der Waals surface area contributed by atoms with Gasteiger partial charge in [-0.1, -0.05) is 18.2 Å². The standard InChI is InChI=1S/C17H22F3N3O2.ClH/c18-17(19,20)16(25)23-9-7-12(8-10-23)11-22-15(24)6-5-13-3-1-2-4-14(13)21;/h1-4,12H,5-11,21H2,(H,22,24);1H. The van der Waals surface area contributed by atoms with E-state index in [4.69, 9.17) is 5.73 Å². The number of hydrogen-bond donors (Lipinski definition) is 2. The molecule has 1 aliphatic heterocycles. The van der Waals surface area contributed by atoms with Gasteiger partial charge in [-0.25, -0.2) is 0 Å². The van der Waals surface area contributed by atoms with Gasteiger partial charge >= 0.3 is 12.1 Å². The quantitative estimate of drug-likeness (QED) is 0.755. The lowest BCUT2D eigenvalue weighted by Crippen LogP contribution is -2.46. The van der Waals surface area contributed by atoms with Crippen molar-refractivity contribution in [3.8, 4) is 0 Å². The van der Waals surface area contributed by atoms with Gasteiger partial charge in [0.2, 0.25) is 5.91 Å². The Kier molecular flexibility index (Phi) is 8.20. The third-order valence-electron chi connectivity index (χ3n) is 4.41. The van der Waals surface area contributed by atoms with Crippen LogP contribution in [-0.2, 0) is 16.0 Å². The van der Waals surface area contributed by atoms with E-state index in [-0.39, 0.29) is 37.3 Å². The molecule has 0 bridgehead atoms. The van der Waals surface area contributed by atoms with Crippen molar-refractivity contribution in [2.45, 2.75) is 31.9 Å². The third kappa shape index (κ3) is 6.40. The molecular weight excluding hydrogens is 371 g/mol. The molecule has 0 saturated carbocycles. The van der Waals surface area contributed by atoms with Crippen molar-refractivity contribution in [1.82, 2.24) is 10.2 Å². The average molecular weight is 394 g/mol. The summed E-state index contributed by atoms with van der Waals surface area (Å²) < 4.78 is 37.1. The molecule has 0 aliphatic carbocycles. The molecule has 3 N–H and O–H groups in total. The van der Waals surface area contributed by atoms with Crippen LogP contribution in [0, 0.1) is 5.92 Å². The van der Waals surface area contributed by atoms with Crippen LogP contribution in [0.5, 0.6) is 0 Å². The Labute approximate surface area is 156 Å². The van der Waals surface area contributed by atoms with Crippen molar-refractivity contribution >= 4 is 29.9 Å². The lowest BCUT2D eigenvalue weighted by molar-refractivity contribution is -0.186. The fourth-order valence-electron chi connectivity index (χ4n) is 2.88. The number of alkyl halides is 3. The van der Waals surface area contributed by atoms with Crippen molar-refractivity contribution in [3.05, 3.63) is 29.8 Å². The predicted molar refractivity (Wildman–Crippen MR) is 94.8 cm³/mol. The van der Waals surface area contributed by atoms with Gasteiger partial charge in [0.15, 0.2) is 0 Å². The SMILES string of the molecule is Cl.Nc1ccccc1CCC(=O)NCC1CCN(C(=O)C(F)(F)F)CC1. The number of nitrogen functional groups attached to an aromatic ring is 1. The third-order valence-corrected chi connectivity index (χ3v) is 4.41. The number of hydrogen-bond acceptors (Lipinski definition) is 3. The number of para-hydroxylation sites is 1. The van der Waals surface area contributed by atoms with Crippen molar-refractivity contribution in [2.75, 3.05) is 25.4 Å². The van der Waals surface area contributed by atoms with Crippen LogP contribution >= 0.6 is 12.4 Å². The zero-order valence-electron chi connectivity index (χ0n) is 14.2. The highest BCUT2D eigenvalue weighted by atomic mass is 35.5. The van der Waals surface area contributed by atoms with Gasteiger partial charge in [0.1, 0.15) is 0 Å². The van der Waals surface area contributed by atoms with Crippen molar-refractivity contribution in [1.29, 1.82) is 0 Å². The van der Waals surface area contributed by atoms with Gasteiger partial charge in [0.05, 0.1) is 0 Å². The number of benzene rings is 1. The molecule has 1 aromatic rings. The van der Waals surface area contributed by atoms with Gasteiger partial charge < -0.3 is 16.0 Å². The Morgan fingerprint density at radius 3 is 2.38 bits per heavy atom. The van der Waals surface area contributed by atoms with E-state index in [0.717, 1.165) is 10.5 Å². The van der Waals surface area contributed by atoms with Crippen LogP contribution in [0.4, 0.5) is 18.9 Å². The number of amides is 2. The normalized spacial score (nSPS) is 15.3. The molecule has 0 aromatic heterocycles. The van der Waals surface area contributed by atoms with Crippen LogP contribution in [0.25, 0.3) is 0 Å². The van der Waals surface area contributed by atoms with E-state index < -0.39 is 12.1 Å². The van der Waals surface area contributed by atoms with E-state index in [9.17, 15) is 22.8 Å². The molecule has 0 radical (unpaired) electrons. The maximum absolute atomic E-state index is 12.4. The van der Waals surface area contributed by atoms with E-state index in [2.05, 4.69) is 5.32 Å². The number of carbonyl (C=O) groups excluding carboxylic acids is 2. The van der Waals surface area contributed by atoms with Gasteiger partial charge in [0.25, 0.3) is 0 Å². The first kappa shape index (κ1) is 22.1. The van der Waals surface area contributed by atoms with Crippen LogP contribution in [0.15, 0.2) is 24.3 Å². The number of nitrogens with one attached hydrogen (secondary N) is 1. The number of anilines is 1. The number of nitrogens with zero attached hydrogens (tertiary/aromatic N) is 1. The van der Waals surface area contributed by atoms with Gasteiger partial charge in [-0.15, -0.1) is 12.4 Å². The van der Waals surface area contributed by atoms with Crippen LogP contribution in [0.1, 0.15) is 24.8 Å². The Balaban J connectivity index is 0.00000338. The number of carbonyl (C=O) groups is 2. The van der Waals surface area contributed by atoms with E-state index in [1.807, 2.05) is 18.2 Å². The Bertz CT molecular complexity index is 618. The second kappa shape index (κ2) is 9.66. The number of nitrogens with two attached hydrogens (primary N) is 1. The molecule has 2 rings (SSSR count). The van der Waals surface area contributed by atoms with Crippen LogP contribution in [0.3, 0.4) is 0 Å². The lowest BCUT2D eigenvalue weighted by Gasteiger charge is -2.32. The van der Waals surface area contributed by atoms with Gasteiger partial charge in [0, 0.05) is 31.7 Å². The molecule has 1 aliphatic rings. The van der Waals surface area contributed by atoms with E-state index in [0.29, 0.717) is 37.9 Å². The first-order valence-corrected chi connectivity index (χ1v) is 8.23. The fourth-order valence-corrected chi connectivity index (χ4v) is 2.88. The van der Waals surface area contributed by atoms with E-state index in [1.165, 1.54) is 0 Å². The summed E-state index contributed by atoms with van der Waals surface area (Å²) in [7, 11) is 0. The van der Waals surface area contributed by atoms with Gasteiger partial charge in [-0.3, -0.25) is 9.59 Å². The van der Waals surface area contributed by atoms with Crippen LogP contribution < -0.4 is 11.1 Å². The summed E-state index contributed by atoms with van der Waals surface area (Å²) in [5.41, 5.74) is 7.39. The minimum Gasteiger partial charge on any atom is -0.399 e. The summed E-state index contributed by atoms with van der Waals surface area (Å²) >= 11 is 0. The summed E-state index contributed by atoms with van der Waals surface area (Å²) in [5, 5.41) is 2.81. The summed E-state index contributed by atoms with van der Waals surface area (Å²) in [4.78, 5) is 23.9. The van der Waals surface area contributed by atoms with Crippen LogP contribution in [0.2, 0.25) is 0 Å². The van der Waals surface area contributed by atoms with Gasteiger partial charge in [-0.05, 0) is 36.8 Å². The smallest absolute Gasteiger partial charge is 0.399 e. The van der Waals surface area contributed by atoms with E-state index >= 15 is 0 Å². The topological polar surface area (TPSA) is 75.4 Å². The maximum Gasteiger partial charge on any atom is 0.471 e. The van der Waals surface area contributed by atoms with E-state index in [1.54, 1.807) is 6.07 Å². The van der Waals surface area contributed by atoms with Crippen molar-refractivity contribution in [2.24, 2.45) is 5.92 Å². The molecule has 146 valence electrons. The highest BCUT2D eigenvalue weighted by molar-refractivity contribution is 5.85. The fraction of sp³-hybridized carbons (Fsp3) is 0.529. The molecule has 0 atom stereocenters. The predicted octanol–water partition coefficient (Wildman–Crippen LogP) is 2.54. The molecule has 0 unspecified atom stereocenters.